The average molecular weight is 412 g/mol. The number of allylic oxidation sites excluding steroid dienone is 1. The van der Waals surface area contributed by atoms with Crippen LogP contribution < -0.4 is 9.80 Å². The largest absolute Gasteiger partial charge is 0.274 e. The molecule has 31 heavy (non-hydrogen) atoms. The highest BCUT2D eigenvalue weighted by molar-refractivity contribution is 6.34. The van der Waals surface area contributed by atoms with Crippen molar-refractivity contribution in [2.45, 2.75) is 19.8 Å². The number of nitrogens with zero attached hydrogens (tertiary/aromatic N) is 2. The molecule has 0 N–H and O–H groups in total. The van der Waals surface area contributed by atoms with Gasteiger partial charge in [-0.05, 0) is 49.1 Å². The maximum atomic E-state index is 13.1. The van der Waals surface area contributed by atoms with Crippen LogP contribution in [0.1, 0.15) is 19.8 Å². The van der Waals surface area contributed by atoms with Crippen LogP contribution in [-0.2, 0) is 19.2 Å². The molecule has 1 fully saturated rings. The summed E-state index contributed by atoms with van der Waals surface area (Å²) in [6, 6.07) is 17.7. The number of amides is 4. The maximum absolute atomic E-state index is 13.1. The Hall–Kier alpha value is -3.80. The molecule has 0 unspecified atom stereocenters. The van der Waals surface area contributed by atoms with Crippen molar-refractivity contribution in [3.8, 4) is 0 Å². The summed E-state index contributed by atoms with van der Waals surface area (Å²) in [5.41, 5.74) is 2.61. The van der Waals surface area contributed by atoms with Gasteiger partial charge in [-0.25, -0.2) is 4.90 Å². The van der Waals surface area contributed by atoms with Gasteiger partial charge < -0.3 is 0 Å². The van der Waals surface area contributed by atoms with E-state index in [0.29, 0.717) is 28.1 Å². The van der Waals surface area contributed by atoms with E-state index < -0.39 is 5.92 Å². The van der Waals surface area contributed by atoms with Gasteiger partial charge in [0.05, 0.1) is 22.9 Å². The molecule has 0 saturated carbocycles. The Balaban J connectivity index is 1.43. The molecule has 3 aliphatic rings. The molecule has 0 aromatic heterocycles. The van der Waals surface area contributed by atoms with Gasteiger partial charge in [0.15, 0.2) is 0 Å². The maximum Gasteiger partial charge on any atom is 0.266 e. The summed E-state index contributed by atoms with van der Waals surface area (Å²) >= 11 is 0. The fraction of sp³-hybridized carbons (Fsp3) is 0.200. The number of carbonyl (C=O) groups excluding carboxylic acids is 4. The fourth-order valence-corrected chi connectivity index (χ4v) is 4.78. The highest BCUT2D eigenvalue weighted by atomic mass is 16.2. The quantitative estimate of drug-likeness (QED) is 0.724. The summed E-state index contributed by atoms with van der Waals surface area (Å²) in [5.74, 6) is -2.04. The summed E-state index contributed by atoms with van der Waals surface area (Å²) < 4.78 is 0. The molecule has 5 rings (SSSR count). The molecular weight excluding hydrogens is 392 g/mol. The van der Waals surface area contributed by atoms with Crippen molar-refractivity contribution in [3.63, 3.8) is 0 Å². The minimum Gasteiger partial charge on any atom is -0.274 e. The SMILES string of the molecule is CC1=C[C@H]([C@@H]2CC(=O)N(c3ccccc3)C2=O)CC2=C1C(=O)N(c1ccccc1)C2=O. The summed E-state index contributed by atoms with van der Waals surface area (Å²) in [6.45, 7) is 1.79. The van der Waals surface area contributed by atoms with E-state index in [0.717, 1.165) is 0 Å². The first kappa shape index (κ1) is 19.2. The molecule has 0 radical (unpaired) electrons. The van der Waals surface area contributed by atoms with Gasteiger partial charge in [-0.2, -0.15) is 0 Å². The van der Waals surface area contributed by atoms with Gasteiger partial charge in [0.25, 0.3) is 11.8 Å². The lowest BCUT2D eigenvalue weighted by atomic mass is 9.78. The summed E-state index contributed by atoms with van der Waals surface area (Å²) in [5, 5.41) is 0. The summed E-state index contributed by atoms with van der Waals surface area (Å²) in [7, 11) is 0. The summed E-state index contributed by atoms with van der Waals surface area (Å²) in [6.07, 6.45) is 2.24. The lowest BCUT2D eigenvalue weighted by molar-refractivity contribution is -0.123. The molecule has 6 nitrogen and oxygen atoms in total. The van der Waals surface area contributed by atoms with Crippen LogP contribution in [0.2, 0.25) is 0 Å². The molecule has 2 atom stereocenters. The Kier molecular flexibility index (Phi) is 4.43. The first-order valence-electron chi connectivity index (χ1n) is 10.2. The predicted octanol–water partition coefficient (Wildman–Crippen LogP) is 3.40. The Morgan fingerprint density at radius 2 is 1.32 bits per heavy atom. The van der Waals surface area contributed by atoms with Crippen LogP contribution in [0.15, 0.2) is 83.5 Å². The Morgan fingerprint density at radius 1 is 0.742 bits per heavy atom. The third-order valence-electron chi connectivity index (χ3n) is 6.21. The minimum atomic E-state index is -0.551. The lowest BCUT2D eigenvalue weighted by Gasteiger charge is -2.24. The van der Waals surface area contributed by atoms with Crippen molar-refractivity contribution in [1.82, 2.24) is 0 Å². The number of hydrogen-bond donors (Lipinski definition) is 0. The third kappa shape index (κ3) is 2.94. The van der Waals surface area contributed by atoms with Crippen LogP contribution in [0.4, 0.5) is 11.4 Å². The van der Waals surface area contributed by atoms with Crippen molar-refractivity contribution in [1.29, 1.82) is 0 Å². The number of carbonyl (C=O) groups is 4. The predicted molar refractivity (Wildman–Crippen MR) is 115 cm³/mol. The van der Waals surface area contributed by atoms with E-state index in [1.807, 2.05) is 18.2 Å². The molecule has 1 aliphatic carbocycles. The van der Waals surface area contributed by atoms with Gasteiger partial charge in [-0.1, -0.05) is 42.5 Å². The second-order valence-electron chi connectivity index (χ2n) is 8.07. The van der Waals surface area contributed by atoms with Gasteiger partial charge in [0.1, 0.15) is 0 Å². The van der Waals surface area contributed by atoms with Gasteiger partial charge in [0, 0.05) is 12.0 Å². The average Bonchev–Trinajstić information content (AvgIpc) is 3.21. The lowest BCUT2D eigenvalue weighted by Crippen LogP contribution is -2.33. The molecule has 2 aromatic carbocycles. The number of hydrogen-bond acceptors (Lipinski definition) is 4. The van der Waals surface area contributed by atoms with Crippen molar-refractivity contribution in [2.24, 2.45) is 11.8 Å². The van der Waals surface area contributed by atoms with Crippen molar-refractivity contribution < 1.29 is 19.2 Å². The summed E-state index contributed by atoms with van der Waals surface area (Å²) in [4.78, 5) is 54.4. The second kappa shape index (κ2) is 7.16. The third-order valence-corrected chi connectivity index (χ3v) is 6.21. The Morgan fingerprint density at radius 3 is 1.94 bits per heavy atom. The number of benzene rings is 2. The molecule has 0 spiro atoms. The van der Waals surface area contributed by atoms with Crippen molar-refractivity contribution in [3.05, 3.63) is 83.5 Å². The van der Waals surface area contributed by atoms with Crippen LogP contribution in [0.25, 0.3) is 0 Å². The first-order valence-corrected chi connectivity index (χ1v) is 10.2. The van der Waals surface area contributed by atoms with E-state index >= 15 is 0 Å². The van der Waals surface area contributed by atoms with Gasteiger partial charge in [0.2, 0.25) is 11.8 Å². The molecule has 4 amide bonds. The van der Waals surface area contributed by atoms with E-state index in [2.05, 4.69) is 0 Å². The van der Waals surface area contributed by atoms with Crippen LogP contribution in [-0.4, -0.2) is 23.6 Å². The highest BCUT2D eigenvalue weighted by Crippen LogP contribution is 2.43. The zero-order valence-electron chi connectivity index (χ0n) is 16.9. The van der Waals surface area contributed by atoms with E-state index in [1.54, 1.807) is 55.5 Å². The van der Waals surface area contributed by atoms with Crippen molar-refractivity contribution in [2.75, 3.05) is 9.80 Å². The first-order chi connectivity index (χ1) is 15.0. The molecular formula is C25H20N2O4. The minimum absolute atomic E-state index is 0.0926. The fourth-order valence-electron chi connectivity index (χ4n) is 4.78. The number of anilines is 2. The normalized spacial score (nSPS) is 23.6. The number of rotatable bonds is 3. The van der Waals surface area contributed by atoms with E-state index in [1.165, 1.54) is 9.80 Å². The standard InChI is InChI=1S/C25H20N2O4/c1-15-12-16(19-14-21(28)26(23(19)29)17-8-4-2-5-9-17)13-20-22(15)25(31)27(24(20)30)18-10-6-3-7-11-18/h2-12,16,19H,13-14H2,1H3/t16-,19-/m0/s1. The molecule has 2 heterocycles. The Bertz CT molecular complexity index is 1180. The highest BCUT2D eigenvalue weighted by Gasteiger charge is 2.48. The van der Waals surface area contributed by atoms with E-state index in [4.69, 9.17) is 0 Å². The zero-order chi connectivity index (χ0) is 21.7. The molecule has 154 valence electrons. The van der Waals surface area contributed by atoms with Crippen LogP contribution >= 0.6 is 0 Å². The molecule has 1 saturated heterocycles. The zero-order valence-corrected chi connectivity index (χ0v) is 16.9. The smallest absolute Gasteiger partial charge is 0.266 e. The number of para-hydroxylation sites is 2. The van der Waals surface area contributed by atoms with Crippen LogP contribution in [0.3, 0.4) is 0 Å². The second-order valence-corrected chi connectivity index (χ2v) is 8.07. The number of imide groups is 2. The molecule has 2 aliphatic heterocycles. The monoisotopic (exact) mass is 412 g/mol. The van der Waals surface area contributed by atoms with Crippen LogP contribution in [0.5, 0.6) is 0 Å². The van der Waals surface area contributed by atoms with Crippen LogP contribution in [0, 0.1) is 11.8 Å². The molecule has 6 heteroatoms. The van der Waals surface area contributed by atoms with E-state index in [9.17, 15) is 19.2 Å². The van der Waals surface area contributed by atoms with E-state index in [-0.39, 0.29) is 42.4 Å². The van der Waals surface area contributed by atoms with Gasteiger partial charge in [-0.15, -0.1) is 0 Å². The topological polar surface area (TPSA) is 74.8 Å². The molecule has 2 aromatic rings. The molecule has 0 bridgehead atoms. The van der Waals surface area contributed by atoms with Crippen molar-refractivity contribution >= 4 is 35.0 Å². The van der Waals surface area contributed by atoms with Gasteiger partial charge >= 0.3 is 0 Å². The Labute approximate surface area is 179 Å². The van der Waals surface area contributed by atoms with Gasteiger partial charge in [-0.3, -0.25) is 24.1 Å².